The number of aromatic nitrogens is 1. The van der Waals surface area contributed by atoms with Crippen LogP contribution in [0.15, 0.2) is 28.9 Å². The van der Waals surface area contributed by atoms with Crippen LogP contribution in [0.25, 0.3) is 0 Å². The third-order valence-electron chi connectivity index (χ3n) is 2.14. The molecule has 0 fully saturated rings. The van der Waals surface area contributed by atoms with Gasteiger partial charge < -0.3 is 5.32 Å². The maximum Gasteiger partial charge on any atom is 0.183 e. The molecule has 1 N–H and O–H groups in total. The van der Waals surface area contributed by atoms with E-state index >= 15 is 0 Å². The highest BCUT2D eigenvalue weighted by Crippen LogP contribution is 2.29. The van der Waals surface area contributed by atoms with E-state index in [1.807, 2.05) is 31.3 Å². The summed E-state index contributed by atoms with van der Waals surface area (Å²) in [7, 11) is 1.87. The first-order valence-corrected chi connectivity index (χ1v) is 6.75. The minimum Gasteiger partial charge on any atom is -0.365 e. The second kappa shape index (κ2) is 5.17. The second-order valence-electron chi connectivity index (χ2n) is 3.29. The Morgan fingerprint density at radius 2 is 2.06 bits per heavy atom. The number of halogens is 2. The van der Waals surface area contributed by atoms with Gasteiger partial charge in [0.05, 0.1) is 0 Å². The van der Waals surface area contributed by atoms with Gasteiger partial charge in [-0.05, 0) is 33.6 Å². The molecule has 16 heavy (non-hydrogen) atoms. The van der Waals surface area contributed by atoms with Crippen LogP contribution in [0.5, 0.6) is 0 Å². The van der Waals surface area contributed by atoms with Crippen LogP contribution in [0.3, 0.4) is 0 Å². The Morgan fingerprint density at radius 1 is 1.38 bits per heavy atom. The van der Waals surface area contributed by atoms with Gasteiger partial charge in [0, 0.05) is 23.4 Å². The van der Waals surface area contributed by atoms with Crippen LogP contribution in [0.4, 0.5) is 5.13 Å². The Bertz CT molecular complexity index is 481. The molecule has 2 aromatic rings. The molecule has 0 aliphatic carbocycles. The molecule has 0 saturated heterocycles. The smallest absolute Gasteiger partial charge is 0.183 e. The van der Waals surface area contributed by atoms with E-state index in [1.165, 1.54) is 10.4 Å². The van der Waals surface area contributed by atoms with Crippen molar-refractivity contribution in [2.24, 2.45) is 0 Å². The average molecular weight is 318 g/mol. The van der Waals surface area contributed by atoms with Crippen LogP contribution in [0.2, 0.25) is 5.02 Å². The summed E-state index contributed by atoms with van der Waals surface area (Å²) in [5, 5.41) is 4.73. The Kier molecular flexibility index (Phi) is 3.84. The molecule has 0 aliphatic heterocycles. The number of nitrogens with zero attached hydrogens (tertiary/aromatic N) is 1. The van der Waals surface area contributed by atoms with Crippen LogP contribution in [-0.2, 0) is 6.42 Å². The molecule has 0 bridgehead atoms. The number of hydrogen-bond acceptors (Lipinski definition) is 3. The molecular formula is C11H10BrClN2S. The van der Waals surface area contributed by atoms with E-state index in [2.05, 4.69) is 26.2 Å². The van der Waals surface area contributed by atoms with E-state index < -0.39 is 0 Å². The van der Waals surface area contributed by atoms with Gasteiger partial charge in [-0.1, -0.05) is 23.7 Å². The van der Waals surface area contributed by atoms with Crippen LogP contribution in [0.1, 0.15) is 10.4 Å². The standard InChI is InChI=1S/C11H10BrClN2S/c1-14-11-15-10(12)9(16-11)6-7-2-4-8(13)5-3-7/h2-5H,6H2,1H3,(H,14,15). The molecule has 1 heterocycles. The molecule has 0 aliphatic rings. The fourth-order valence-corrected chi connectivity index (χ4v) is 2.98. The Balaban J connectivity index is 2.19. The van der Waals surface area contributed by atoms with Crippen molar-refractivity contribution in [2.75, 3.05) is 12.4 Å². The van der Waals surface area contributed by atoms with Gasteiger partial charge in [-0.15, -0.1) is 11.3 Å². The summed E-state index contributed by atoms with van der Waals surface area (Å²) in [4.78, 5) is 5.56. The van der Waals surface area contributed by atoms with Gasteiger partial charge in [0.25, 0.3) is 0 Å². The Labute approximate surface area is 112 Å². The molecule has 1 aromatic heterocycles. The first-order chi connectivity index (χ1) is 7.69. The molecule has 0 radical (unpaired) electrons. The van der Waals surface area contributed by atoms with Gasteiger partial charge in [0.2, 0.25) is 0 Å². The van der Waals surface area contributed by atoms with Crippen molar-refractivity contribution in [2.45, 2.75) is 6.42 Å². The average Bonchev–Trinajstić information content (AvgIpc) is 2.63. The Morgan fingerprint density at radius 3 is 2.62 bits per heavy atom. The van der Waals surface area contributed by atoms with Gasteiger partial charge in [0.1, 0.15) is 4.60 Å². The van der Waals surface area contributed by atoms with Gasteiger partial charge in [-0.3, -0.25) is 0 Å². The quantitative estimate of drug-likeness (QED) is 0.918. The molecule has 0 unspecified atom stereocenters. The van der Waals surface area contributed by atoms with E-state index in [1.54, 1.807) is 11.3 Å². The maximum absolute atomic E-state index is 5.84. The van der Waals surface area contributed by atoms with Gasteiger partial charge >= 0.3 is 0 Å². The molecule has 0 amide bonds. The van der Waals surface area contributed by atoms with Gasteiger partial charge in [0.15, 0.2) is 5.13 Å². The minimum absolute atomic E-state index is 0.767. The lowest BCUT2D eigenvalue weighted by molar-refractivity contribution is 1.19. The summed E-state index contributed by atoms with van der Waals surface area (Å²) in [5.41, 5.74) is 1.23. The number of benzene rings is 1. The number of anilines is 1. The van der Waals surface area contributed by atoms with E-state index in [0.717, 1.165) is 21.2 Å². The molecule has 0 saturated carbocycles. The summed E-state index contributed by atoms with van der Waals surface area (Å²) in [5.74, 6) is 0. The summed E-state index contributed by atoms with van der Waals surface area (Å²) in [6.07, 6.45) is 0.872. The molecular weight excluding hydrogens is 308 g/mol. The van der Waals surface area contributed by atoms with Crippen molar-refractivity contribution in [3.63, 3.8) is 0 Å². The number of rotatable bonds is 3. The van der Waals surface area contributed by atoms with E-state index in [0.29, 0.717) is 0 Å². The third kappa shape index (κ3) is 2.75. The molecule has 2 rings (SSSR count). The molecule has 1 aromatic carbocycles. The van der Waals surface area contributed by atoms with Crippen LogP contribution >= 0.6 is 38.9 Å². The fraction of sp³-hybridized carbons (Fsp3) is 0.182. The van der Waals surface area contributed by atoms with Crippen molar-refractivity contribution >= 4 is 44.0 Å². The Hall–Kier alpha value is -0.580. The monoisotopic (exact) mass is 316 g/mol. The molecule has 0 spiro atoms. The highest BCUT2D eigenvalue weighted by Gasteiger charge is 2.08. The summed E-state index contributed by atoms with van der Waals surface area (Å²) in [6, 6.07) is 7.89. The van der Waals surface area contributed by atoms with Crippen LogP contribution in [-0.4, -0.2) is 12.0 Å². The summed E-state index contributed by atoms with van der Waals surface area (Å²) in [6.45, 7) is 0. The van der Waals surface area contributed by atoms with Gasteiger partial charge in [-0.25, -0.2) is 4.98 Å². The van der Waals surface area contributed by atoms with Crippen molar-refractivity contribution in [1.82, 2.24) is 4.98 Å². The lowest BCUT2D eigenvalue weighted by atomic mass is 10.1. The van der Waals surface area contributed by atoms with Crippen molar-refractivity contribution in [3.8, 4) is 0 Å². The maximum atomic E-state index is 5.84. The second-order valence-corrected chi connectivity index (χ2v) is 5.56. The zero-order valence-electron chi connectivity index (χ0n) is 8.63. The van der Waals surface area contributed by atoms with Gasteiger partial charge in [-0.2, -0.15) is 0 Å². The first kappa shape index (κ1) is 11.9. The molecule has 2 nitrogen and oxygen atoms in total. The predicted octanol–water partition coefficient (Wildman–Crippen LogP) is 4.19. The lowest BCUT2D eigenvalue weighted by Gasteiger charge is -1.98. The minimum atomic E-state index is 0.767. The van der Waals surface area contributed by atoms with E-state index in [4.69, 9.17) is 11.6 Å². The van der Waals surface area contributed by atoms with E-state index in [9.17, 15) is 0 Å². The first-order valence-electron chi connectivity index (χ1n) is 4.76. The van der Waals surface area contributed by atoms with Crippen molar-refractivity contribution in [1.29, 1.82) is 0 Å². The number of nitrogens with one attached hydrogen (secondary N) is 1. The highest BCUT2D eigenvalue weighted by molar-refractivity contribution is 9.10. The van der Waals surface area contributed by atoms with Crippen LogP contribution < -0.4 is 5.32 Å². The van der Waals surface area contributed by atoms with E-state index in [-0.39, 0.29) is 0 Å². The molecule has 84 valence electrons. The third-order valence-corrected chi connectivity index (χ3v) is 4.38. The zero-order valence-corrected chi connectivity index (χ0v) is 11.8. The highest BCUT2D eigenvalue weighted by atomic mass is 79.9. The van der Waals surface area contributed by atoms with Crippen molar-refractivity contribution in [3.05, 3.63) is 44.3 Å². The zero-order chi connectivity index (χ0) is 11.5. The number of hydrogen-bond donors (Lipinski definition) is 1. The predicted molar refractivity (Wildman–Crippen MR) is 73.6 cm³/mol. The molecule has 5 heteroatoms. The number of thiazole rings is 1. The normalized spacial score (nSPS) is 10.4. The largest absolute Gasteiger partial charge is 0.365 e. The van der Waals surface area contributed by atoms with Crippen molar-refractivity contribution < 1.29 is 0 Å². The molecule has 0 atom stereocenters. The lowest BCUT2D eigenvalue weighted by Crippen LogP contribution is -1.85. The topological polar surface area (TPSA) is 24.9 Å². The van der Waals surface area contributed by atoms with Crippen LogP contribution in [0, 0.1) is 0 Å². The fourth-order valence-electron chi connectivity index (χ4n) is 1.34. The SMILES string of the molecule is CNc1nc(Br)c(Cc2ccc(Cl)cc2)s1. The summed E-state index contributed by atoms with van der Waals surface area (Å²) < 4.78 is 0.914. The summed E-state index contributed by atoms with van der Waals surface area (Å²) >= 11 is 11.0.